The molecule has 0 fully saturated rings. The quantitative estimate of drug-likeness (QED) is 0.901. The number of aromatic nitrogens is 2. The Bertz CT molecular complexity index is 552. The van der Waals surface area contributed by atoms with Crippen molar-refractivity contribution >= 4 is 0 Å². The van der Waals surface area contributed by atoms with Crippen LogP contribution in [0.25, 0.3) is 0 Å². The smallest absolute Gasteiger partial charge is 0.128 e. The van der Waals surface area contributed by atoms with E-state index in [1.807, 2.05) is 13.2 Å². The lowest BCUT2D eigenvalue weighted by Crippen LogP contribution is -2.05. The van der Waals surface area contributed by atoms with Crippen LogP contribution in [0, 0.1) is 5.82 Å². The fourth-order valence-corrected chi connectivity index (χ4v) is 1.86. The van der Waals surface area contributed by atoms with E-state index in [0.29, 0.717) is 24.3 Å². The number of aliphatic hydroxyl groups excluding tert-OH is 1. The van der Waals surface area contributed by atoms with Gasteiger partial charge in [0, 0.05) is 31.3 Å². The Morgan fingerprint density at radius 3 is 2.89 bits per heavy atom. The van der Waals surface area contributed by atoms with Crippen molar-refractivity contribution in [2.45, 2.75) is 19.4 Å². The molecule has 0 radical (unpaired) electrons. The van der Waals surface area contributed by atoms with Gasteiger partial charge >= 0.3 is 0 Å². The van der Waals surface area contributed by atoms with Gasteiger partial charge in [0.25, 0.3) is 0 Å². The minimum absolute atomic E-state index is 0.374. The van der Waals surface area contributed by atoms with E-state index in [1.54, 1.807) is 23.9 Å². The van der Waals surface area contributed by atoms with E-state index in [0.717, 1.165) is 5.56 Å². The zero-order valence-electron chi connectivity index (χ0n) is 11.0. The number of ether oxygens (including phenoxy) is 1. The highest BCUT2D eigenvalue weighted by atomic mass is 19.1. The topological polar surface area (TPSA) is 47.3 Å². The Hall–Kier alpha value is -1.88. The van der Waals surface area contributed by atoms with Gasteiger partial charge in [0.05, 0.1) is 18.9 Å². The second-order valence-corrected chi connectivity index (χ2v) is 4.48. The zero-order valence-corrected chi connectivity index (χ0v) is 11.0. The number of nitrogens with zero attached hydrogens (tertiary/aromatic N) is 2. The molecule has 1 aromatic heterocycles. The third kappa shape index (κ3) is 3.54. The minimum atomic E-state index is -0.686. The van der Waals surface area contributed by atoms with Crippen molar-refractivity contribution in [3.05, 3.63) is 47.5 Å². The zero-order chi connectivity index (χ0) is 13.8. The predicted molar refractivity (Wildman–Crippen MR) is 69.4 cm³/mol. The lowest BCUT2D eigenvalue weighted by atomic mass is 10.1. The van der Waals surface area contributed by atoms with Crippen molar-refractivity contribution in [2.75, 3.05) is 6.61 Å². The van der Waals surface area contributed by atoms with Gasteiger partial charge in [-0.05, 0) is 24.6 Å². The van der Waals surface area contributed by atoms with Gasteiger partial charge in [0.2, 0.25) is 0 Å². The molecule has 1 unspecified atom stereocenters. The monoisotopic (exact) mass is 264 g/mol. The van der Waals surface area contributed by atoms with E-state index in [-0.39, 0.29) is 5.82 Å². The summed E-state index contributed by atoms with van der Waals surface area (Å²) in [6.07, 6.45) is 3.67. The van der Waals surface area contributed by atoms with Gasteiger partial charge < -0.3 is 9.84 Å². The van der Waals surface area contributed by atoms with E-state index in [4.69, 9.17) is 4.74 Å². The summed E-state index contributed by atoms with van der Waals surface area (Å²) >= 11 is 0. The minimum Gasteiger partial charge on any atom is -0.493 e. The molecule has 0 saturated heterocycles. The fraction of sp³-hybridized carbons (Fsp3) is 0.357. The van der Waals surface area contributed by atoms with Gasteiger partial charge in [-0.2, -0.15) is 5.10 Å². The van der Waals surface area contributed by atoms with Gasteiger partial charge in [0.15, 0.2) is 0 Å². The standard InChI is InChI=1S/C14H17FN2O2/c1-10(18)13-4-3-12(15)7-14(13)19-6-5-11-8-16-17(2)9-11/h3-4,7-10,18H,5-6H2,1-2H3. The molecule has 0 aliphatic carbocycles. The van der Waals surface area contributed by atoms with Crippen LogP contribution in [0.2, 0.25) is 0 Å². The first kappa shape index (κ1) is 13.5. The van der Waals surface area contributed by atoms with Crippen LogP contribution in [0.4, 0.5) is 4.39 Å². The Morgan fingerprint density at radius 2 is 2.26 bits per heavy atom. The van der Waals surface area contributed by atoms with Gasteiger partial charge in [-0.1, -0.05) is 0 Å². The summed E-state index contributed by atoms with van der Waals surface area (Å²) in [7, 11) is 1.85. The van der Waals surface area contributed by atoms with Crippen molar-refractivity contribution in [1.29, 1.82) is 0 Å². The van der Waals surface area contributed by atoms with E-state index in [1.165, 1.54) is 12.1 Å². The molecule has 0 amide bonds. The Kier molecular flexibility index (Phi) is 4.16. The van der Waals surface area contributed by atoms with Crippen LogP contribution in [0.3, 0.4) is 0 Å². The van der Waals surface area contributed by atoms with Crippen LogP contribution >= 0.6 is 0 Å². The third-order valence-electron chi connectivity index (χ3n) is 2.83. The molecule has 2 rings (SSSR count). The molecule has 0 saturated carbocycles. The third-order valence-corrected chi connectivity index (χ3v) is 2.83. The van der Waals surface area contributed by atoms with Crippen LogP contribution in [-0.2, 0) is 13.5 Å². The SMILES string of the molecule is CC(O)c1ccc(F)cc1OCCc1cnn(C)c1. The highest BCUT2D eigenvalue weighted by Crippen LogP contribution is 2.26. The van der Waals surface area contributed by atoms with E-state index in [2.05, 4.69) is 5.10 Å². The van der Waals surface area contributed by atoms with Crippen molar-refractivity contribution in [1.82, 2.24) is 9.78 Å². The van der Waals surface area contributed by atoms with E-state index in [9.17, 15) is 9.50 Å². The normalized spacial score (nSPS) is 12.4. The average molecular weight is 264 g/mol. The van der Waals surface area contributed by atoms with Crippen LogP contribution in [0.15, 0.2) is 30.6 Å². The number of halogens is 1. The molecule has 0 bridgehead atoms. The number of rotatable bonds is 5. The van der Waals surface area contributed by atoms with Crippen molar-refractivity contribution in [3.63, 3.8) is 0 Å². The first-order valence-corrected chi connectivity index (χ1v) is 6.14. The van der Waals surface area contributed by atoms with Crippen molar-refractivity contribution < 1.29 is 14.2 Å². The second-order valence-electron chi connectivity index (χ2n) is 4.48. The molecule has 102 valence electrons. The highest BCUT2D eigenvalue weighted by Gasteiger charge is 2.10. The molecule has 1 atom stereocenters. The molecule has 5 heteroatoms. The summed E-state index contributed by atoms with van der Waals surface area (Å²) in [4.78, 5) is 0. The first-order valence-electron chi connectivity index (χ1n) is 6.14. The molecule has 0 aliphatic heterocycles. The largest absolute Gasteiger partial charge is 0.493 e. The maximum atomic E-state index is 13.2. The summed E-state index contributed by atoms with van der Waals surface area (Å²) in [5.41, 5.74) is 1.64. The molecule has 2 aromatic rings. The molecule has 0 aliphatic rings. The second kappa shape index (κ2) is 5.84. The fourth-order valence-electron chi connectivity index (χ4n) is 1.86. The Morgan fingerprint density at radius 1 is 1.47 bits per heavy atom. The number of aryl methyl sites for hydroxylation is 1. The summed E-state index contributed by atoms with van der Waals surface area (Å²) < 4.78 is 20.5. The van der Waals surface area contributed by atoms with Crippen molar-refractivity contribution in [2.24, 2.45) is 7.05 Å². The molecule has 4 nitrogen and oxygen atoms in total. The lowest BCUT2D eigenvalue weighted by Gasteiger charge is -2.13. The van der Waals surface area contributed by atoms with Crippen LogP contribution in [-0.4, -0.2) is 21.5 Å². The Balaban J connectivity index is 2.00. The van der Waals surface area contributed by atoms with E-state index >= 15 is 0 Å². The number of hydrogen-bond donors (Lipinski definition) is 1. The number of hydrogen-bond acceptors (Lipinski definition) is 3. The van der Waals surface area contributed by atoms with Gasteiger partial charge in [0.1, 0.15) is 11.6 Å². The highest BCUT2D eigenvalue weighted by molar-refractivity contribution is 5.35. The first-order chi connectivity index (χ1) is 9.06. The Labute approximate surface area is 111 Å². The van der Waals surface area contributed by atoms with E-state index < -0.39 is 6.10 Å². The lowest BCUT2D eigenvalue weighted by molar-refractivity contribution is 0.191. The summed E-state index contributed by atoms with van der Waals surface area (Å²) in [5.74, 6) is 0.0136. The number of aliphatic hydroxyl groups is 1. The average Bonchev–Trinajstić information content (AvgIpc) is 2.75. The summed E-state index contributed by atoms with van der Waals surface area (Å²) in [5, 5.41) is 13.7. The maximum Gasteiger partial charge on any atom is 0.128 e. The van der Waals surface area contributed by atoms with Crippen molar-refractivity contribution in [3.8, 4) is 5.75 Å². The maximum absolute atomic E-state index is 13.2. The molecule has 0 spiro atoms. The molecular weight excluding hydrogens is 247 g/mol. The summed E-state index contributed by atoms with van der Waals surface area (Å²) in [6.45, 7) is 2.04. The summed E-state index contributed by atoms with van der Waals surface area (Å²) in [6, 6.07) is 4.15. The molecule has 1 aromatic carbocycles. The van der Waals surface area contributed by atoms with Crippen LogP contribution < -0.4 is 4.74 Å². The predicted octanol–water partition coefficient (Wildman–Crippen LogP) is 2.23. The van der Waals surface area contributed by atoms with Gasteiger partial charge in [-0.3, -0.25) is 4.68 Å². The van der Waals surface area contributed by atoms with Gasteiger partial charge in [-0.25, -0.2) is 4.39 Å². The van der Waals surface area contributed by atoms with Gasteiger partial charge in [-0.15, -0.1) is 0 Å². The van der Waals surface area contributed by atoms with Crippen LogP contribution in [0.5, 0.6) is 5.75 Å². The molecular formula is C14H17FN2O2. The molecule has 1 heterocycles. The van der Waals surface area contributed by atoms with Crippen LogP contribution in [0.1, 0.15) is 24.2 Å². The molecule has 1 N–H and O–H groups in total. The molecule has 19 heavy (non-hydrogen) atoms. The number of benzene rings is 1.